The number of carbonyl (C=O) groups excluding carboxylic acids is 1. The molecule has 3 heterocycles. The molecule has 1 aromatic carbocycles. The van der Waals surface area contributed by atoms with Crippen LogP contribution in [0.3, 0.4) is 0 Å². The SMILES string of the molecule is Cc1ccc(NC(=O)CSc2nnc(-c3sc4ncccc4c3N)n2C2CC2)cc1C. The maximum Gasteiger partial charge on any atom is 0.234 e. The third-order valence-electron chi connectivity index (χ3n) is 5.41. The molecule has 4 aromatic rings. The number of nitrogens with one attached hydrogen (secondary N) is 1. The Bertz CT molecular complexity index is 1290. The molecule has 0 aliphatic heterocycles. The average Bonchev–Trinajstić information content (AvgIpc) is 3.43. The van der Waals surface area contributed by atoms with Crippen molar-refractivity contribution in [3.8, 4) is 10.7 Å². The van der Waals surface area contributed by atoms with Crippen LogP contribution in [0.4, 0.5) is 11.4 Å². The molecule has 0 spiro atoms. The number of nitrogen functional groups attached to an aromatic ring is 1. The molecule has 1 aliphatic rings. The minimum atomic E-state index is -0.0641. The molecule has 0 atom stereocenters. The highest BCUT2D eigenvalue weighted by Gasteiger charge is 2.32. The first-order chi connectivity index (χ1) is 15.0. The Morgan fingerprint density at radius 2 is 2.10 bits per heavy atom. The van der Waals surface area contributed by atoms with Gasteiger partial charge in [-0.05, 0) is 62.1 Å². The summed E-state index contributed by atoms with van der Waals surface area (Å²) >= 11 is 2.93. The van der Waals surface area contributed by atoms with E-state index in [1.807, 2.05) is 37.3 Å². The number of amides is 1. The third kappa shape index (κ3) is 3.90. The second kappa shape index (κ2) is 7.97. The molecule has 5 rings (SSSR count). The summed E-state index contributed by atoms with van der Waals surface area (Å²) in [6.45, 7) is 4.09. The van der Waals surface area contributed by atoms with Crippen LogP contribution >= 0.6 is 23.1 Å². The van der Waals surface area contributed by atoms with Crippen molar-refractivity contribution in [2.75, 3.05) is 16.8 Å². The molecule has 158 valence electrons. The van der Waals surface area contributed by atoms with Crippen LogP contribution in [-0.4, -0.2) is 31.4 Å². The lowest BCUT2D eigenvalue weighted by molar-refractivity contribution is -0.113. The van der Waals surface area contributed by atoms with E-state index in [4.69, 9.17) is 5.73 Å². The fraction of sp³-hybridized carbons (Fsp3) is 0.273. The smallest absolute Gasteiger partial charge is 0.234 e. The second-order valence-corrected chi connectivity index (χ2v) is 9.69. The Morgan fingerprint density at radius 1 is 1.26 bits per heavy atom. The number of carbonyl (C=O) groups is 1. The van der Waals surface area contributed by atoms with Crippen LogP contribution in [0, 0.1) is 13.8 Å². The maximum atomic E-state index is 12.5. The molecule has 3 aromatic heterocycles. The minimum absolute atomic E-state index is 0.0641. The summed E-state index contributed by atoms with van der Waals surface area (Å²) in [4.78, 5) is 18.7. The van der Waals surface area contributed by atoms with Gasteiger partial charge in [-0.25, -0.2) is 4.98 Å². The highest BCUT2D eigenvalue weighted by Crippen LogP contribution is 2.45. The second-order valence-electron chi connectivity index (χ2n) is 7.74. The topological polar surface area (TPSA) is 98.7 Å². The monoisotopic (exact) mass is 450 g/mol. The number of nitrogens with two attached hydrogens (primary N) is 1. The molecule has 1 saturated carbocycles. The van der Waals surface area contributed by atoms with Crippen molar-refractivity contribution in [3.63, 3.8) is 0 Å². The van der Waals surface area contributed by atoms with Gasteiger partial charge in [0, 0.05) is 23.3 Å². The average molecular weight is 451 g/mol. The van der Waals surface area contributed by atoms with Gasteiger partial charge in [0.25, 0.3) is 0 Å². The van der Waals surface area contributed by atoms with Gasteiger partial charge in [0.05, 0.1) is 16.3 Å². The van der Waals surface area contributed by atoms with Gasteiger partial charge >= 0.3 is 0 Å². The van der Waals surface area contributed by atoms with E-state index in [0.717, 1.165) is 50.2 Å². The van der Waals surface area contributed by atoms with E-state index in [1.165, 1.54) is 28.7 Å². The van der Waals surface area contributed by atoms with Crippen LogP contribution in [0.1, 0.15) is 30.0 Å². The fourth-order valence-corrected chi connectivity index (χ4v) is 5.31. The van der Waals surface area contributed by atoms with Gasteiger partial charge in [-0.1, -0.05) is 17.8 Å². The molecule has 0 unspecified atom stereocenters. The molecule has 9 heteroatoms. The Labute approximate surface area is 188 Å². The van der Waals surface area contributed by atoms with Gasteiger partial charge in [0.1, 0.15) is 4.83 Å². The summed E-state index contributed by atoms with van der Waals surface area (Å²) in [5.74, 6) is 0.965. The normalized spacial score (nSPS) is 13.6. The highest BCUT2D eigenvalue weighted by molar-refractivity contribution is 7.99. The minimum Gasteiger partial charge on any atom is -0.397 e. The van der Waals surface area contributed by atoms with E-state index in [-0.39, 0.29) is 11.7 Å². The van der Waals surface area contributed by atoms with Crippen LogP contribution in [-0.2, 0) is 4.79 Å². The zero-order chi connectivity index (χ0) is 21.5. The van der Waals surface area contributed by atoms with E-state index in [1.54, 1.807) is 6.20 Å². The number of hydrogen-bond acceptors (Lipinski definition) is 7. The number of pyridine rings is 1. The molecular weight excluding hydrogens is 428 g/mol. The van der Waals surface area contributed by atoms with Gasteiger partial charge in [-0.3, -0.25) is 9.36 Å². The van der Waals surface area contributed by atoms with E-state index in [9.17, 15) is 4.79 Å². The number of rotatable bonds is 6. The molecule has 0 saturated heterocycles. The van der Waals surface area contributed by atoms with Crippen molar-refractivity contribution >= 4 is 50.6 Å². The number of nitrogens with zero attached hydrogens (tertiary/aromatic N) is 4. The van der Waals surface area contributed by atoms with E-state index >= 15 is 0 Å². The van der Waals surface area contributed by atoms with Crippen molar-refractivity contribution in [3.05, 3.63) is 47.7 Å². The lowest BCUT2D eigenvalue weighted by Crippen LogP contribution is -2.14. The largest absolute Gasteiger partial charge is 0.397 e. The molecule has 0 bridgehead atoms. The Balaban J connectivity index is 1.37. The molecule has 7 nitrogen and oxygen atoms in total. The van der Waals surface area contributed by atoms with Crippen molar-refractivity contribution in [1.29, 1.82) is 0 Å². The zero-order valence-electron chi connectivity index (χ0n) is 17.3. The van der Waals surface area contributed by atoms with Gasteiger partial charge in [-0.2, -0.15) is 0 Å². The summed E-state index contributed by atoms with van der Waals surface area (Å²) < 4.78 is 2.13. The standard InChI is InChI=1S/C22H22N6OS2/c1-12-5-6-14(10-13(12)2)25-17(29)11-30-22-27-26-20(28(22)15-7-8-15)19-18(23)16-4-3-9-24-21(16)31-19/h3-6,9-10,15H,7-8,11,23H2,1-2H3,(H,25,29). The number of thioether (sulfide) groups is 1. The molecule has 1 fully saturated rings. The van der Waals surface area contributed by atoms with Crippen LogP contribution in [0.5, 0.6) is 0 Å². The predicted molar refractivity (Wildman–Crippen MR) is 127 cm³/mol. The van der Waals surface area contributed by atoms with Crippen molar-refractivity contribution in [2.24, 2.45) is 0 Å². The summed E-state index contributed by atoms with van der Waals surface area (Å²) in [6.07, 6.45) is 3.93. The van der Waals surface area contributed by atoms with Gasteiger partial charge in [0.15, 0.2) is 11.0 Å². The summed E-state index contributed by atoms with van der Waals surface area (Å²) in [6, 6.07) is 10.1. The number of hydrogen-bond donors (Lipinski definition) is 2. The number of aromatic nitrogens is 4. The van der Waals surface area contributed by atoms with Crippen LogP contribution in [0.2, 0.25) is 0 Å². The first-order valence-corrected chi connectivity index (χ1v) is 11.9. The maximum absolute atomic E-state index is 12.5. The number of anilines is 2. The summed E-state index contributed by atoms with van der Waals surface area (Å²) in [7, 11) is 0. The molecule has 1 aliphatic carbocycles. The Morgan fingerprint density at radius 3 is 2.84 bits per heavy atom. The summed E-state index contributed by atoms with van der Waals surface area (Å²) in [5.41, 5.74) is 10.3. The predicted octanol–water partition coefficient (Wildman–Crippen LogP) is 4.82. The Kier molecular flexibility index (Phi) is 5.15. The fourth-order valence-electron chi connectivity index (χ4n) is 3.46. The quantitative estimate of drug-likeness (QED) is 0.409. The van der Waals surface area contributed by atoms with Gasteiger partial charge in [-0.15, -0.1) is 21.5 Å². The molecule has 1 amide bonds. The van der Waals surface area contributed by atoms with Crippen molar-refractivity contribution in [2.45, 2.75) is 37.9 Å². The first kappa shape index (κ1) is 20.0. The lowest BCUT2D eigenvalue weighted by atomic mass is 10.1. The lowest BCUT2D eigenvalue weighted by Gasteiger charge is -2.09. The molecular formula is C22H22N6OS2. The number of benzene rings is 1. The van der Waals surface area contributed by atoms with E-state index < -0.39 is 0 Å². The molecule has 3 N–H and O–H groups in total. The first-order valence-electron chi connectivity index (χ1n) is 10.1. The number of fused-ring (bicyclic) bond motifs is 1. The highest BCUT2D eigenvalue weighted by atomic mass is 32.2. The number of aryl methyl sites for hydroxylation is 2. The van der Waals surface area contributed by atoms with Gasteiger partial charge in [0.2, 0.25) is 5.91 Å². The summed E-state index contributed by atoms with van der Waals surface area (Å²) in [5, 5.41) is 13.5. The molecule has 31 heavy (non-hydrogen) atoms. The van der Waals surface area contributed by atoms with Crippen molar-refractivity contribution in [1.82, 2.24) is 19.7 Å². The Hall–Kier alpha value is -2.91. The number of thiophene rings is 1. The third-order valence-corrected chi connectivity index (χ3v) is 7.48. The van der Waals surface area contributed by atoms with E-state index in [2.05, 4.69) is 32.0 Å². The van der Waals surface area contributed by atoms with Crippen LogP contribution in [0.25, 0.3) is 20.9 Å². The van der Waals surface area contributed by atoms with E-state index in [0.29, 0.717) is 11.7 Å². The van der Waals surface area contributed by atoms with Crippen molar-refractivity contribution < 1.29 is 4.79 Å². The molecule has 0 radical (unpaired) electrons. The van der Waals surface area contributed by atoms with Gasteiger partial charge < -0.3 is 11.1 Å². The zero-order valence-corrected chi connectivity index (χ0v) is 18.9. The van der Waals surface area contributed by atoms with Crippen LogP contribution in [0.15, 0.2) is 41.7 Å². The van der Waals surface area contributed by atoms with Crippen LogP contribution < -0.4 is 11.1 Å².